The molecule has 0 aliphatic rings. The van der Waals surface area contributed by atoms with Crippen LogP contribution in [0.3, 0.4) is 0 Å². The molecule has 1 rings (SSSR count). The van der Waals surface area contributed by atoms with E-state index in [1.54, 1.807) is 0 Å². The maximum Gasteiger partial charge on any atom is 0.220 e. The van der Waals surface area contributed by atoms with Gasteiger partial charge in [0, 0.05) is 19.5 Å². The molecule has 0 heterocycles. The van der Waals surface area contributed by atoms with E-state index in [1.165, 1.54) is 0 Å². The van der Waals surface area contributed by atoms with Crippen molar-refractivity contribution in [3.63, 3.8) is 0 Å². The molecule has 106 valence electrons. The van der Waals surface area contributed by atoms with Crippen LogP contribution >= 0.6 is 0 Å². The normalized spacial score (nSPS) is 11.2. The Balaban J connectivity index is 2.09. The lowest BCUT2D eigenvalue weighted by Gasteiger charge is -2.05. The number of aryl methyl sites for hydroxylation is 1. The van der Waals surface area contributed by atoms with Crippen LogP contribution in [0, 0.1) is 0 Å². The molecule has 1 aromatic carbocycles. The first-order chi connectivity index (χ1) is 8.97. The van der Waals surface area contributed by atoms with Crippen molar-refractivity contribution in [2.24, 2.45) is 0 Å². The summed E-state index contributed by atoms with van der Waals surface area (Å²) in [6, 6.07) is 9.82. The fraction of sp³-hybridized carbons (Fsp3) is 0.462. The lowest BCUT2D eigenvalue weighted by molar-refractivity contribution is -0.121. The summed E-state index contributed by atoms with van der Waals surface area (Å²) in [6.07, 6.45) is 2.87. The van der Waals surface area contributed by atoms with E-state index in [1.807, 2.05) is 30.3 Å². The van der Waals surface area contributed by atoms with E-state index in [-0.39, 0.29) is 5.91 Å². The van der Waals surface area contributed by atoms with Gasteiger partial charge in [-0.2, -0.15) is 0 Å². The van der Waals surface area contributed by atoms with E-state index in [9.17, 15) is 13.2 Å². The minimum Gasteiger partial charge on any atom is -0.356 e. The zero-order valence-corrected chi connectivity index (χ0v) is 11.9. The SMILES string of the molecule is CS(=O)(=O)NCCCNC(=O)CCc1ccccc1. The van der Waals surface area contributed by atoms with Gasteiger partial charge in [0.25, 0.3) is 0 Å². The maximum absolute atomic E-state index is 11.5. The lowest BCUT2D eigenvalue weighted by atomic mass is 10.1. The summed E-state index contributed by atoms with van der Waals surface area (Å²) in [5.41, 5.74) is 1.14. The van der Waals surface area contributed by atoms with Crippen molar-refractivity contribution >= 4 is 15.9 Å². The first kappa shape index (κ1) is 15.7. The van der Waals surface area contributed by atoms with Gasteiger partial charge in [0.2, 0.25) is 15.9 Å². The third-order valence-electron chi connectivity index (χ3n) is 2.52. The molecule has 0 unspecified atom stereocenters. The summed E-state index contributed by atoms with van der Waals surface area (Å²) in [4.78, 5) is 11.5. The number of amides is 1. The minimum absolute atomic E-state index is 0.0109. The molecular weight excluding hydrogens is 264 g/mol. The average Bonchev–Trinajstić information content (AvgIpc) is 2.36. The van der Waals surface area contributed by atoms with Crippen molar-refractivity contribution in [1.82, 2.24) is 10.0 Å². The first-order valence-corrected chi connectivity index (χ1v) is 8.12. The van der Waals surface area contributed by atoms with E-state index in [2.05, 4.69) is 10.0 Å². The molecule has 0 atom stereocenters. The van der Waals surface area contributed by atoms with Crippen molar-refractivity contribution in [2.75, 3.05) is 19.3 Å². The van der Waals surface area contributed by atoms with Gasteiger partial charge >= 0.3 is 0 Å². The summed E-state index contributed by atoms with van der Waals surface area (Å²) >= 11 is 0. The fourth-order valence-corrected chi connectivity index (χ4v) is 2.08. The highest BCUT2D eigenvalue weighted by atomic mass is 32.2. The fourth-order valence-electron chi connectivity index (χ4n) is 1.56. The van der Waals surface area contributed by atoms with E-state index in [0.717, 1.165) is 11.8 Å². The number of carbonyl (C=O) groups is 1. The van der Waals surface area contributed by atoms with Crippen LogP contribution in [0.1, 0.15) is 18.4 Å². The molecule has 0 aromatic heterocycles. The van der Waals surface area contributed by atoms with Crippen LogP contribution in [0.5, 0.6) is 0 Å². The molecule has 2 N–H and O–H groups in total. The lowest BCUT2D eigenvalue weighted by Crippen LogP contribution is -2.29. The average molecular weight is 284 g/mol. The Bertz CT molecular complexity index is 486. The van der Waals surface area contributed by atoms with Gasteiger partial charge in [0.05, 0.1) is 6.26 Å². The largest absolute Gasteiger partial charge is 0.356 e. The van der Waals surface area contributed by atoms with E-state index >= 15 is 0 Å². The topological polar surface area (TPSA) is 75.3 Å². The number of hydrogen-bond acceptors (Lipinski definition) is 3. The van der Waals surface area contributed by atoms with Crippen molar-refractivity contribution in [3.05, 3.63) is 35.9 Å². The molecule has 0 bridgehead atoms. The predicted octanol–water partition coefficient (Wildman–Crippen LogP) is 0.675. The molecule has 6 heteroatoms. The van der Waals surface area contributed by atoms with Crippen LogP contribution in [-0.4, -0.2) is 33.7 Å². The summed E-state index contributed by atoms with van der Waals surface area (Å²) < 4.78 is 24.0. The number of hydrogen-bond donors (Lipinski definition) is 2. The Morgan fingerprint density at radius 3 is 2.47 bits per heavy atom. The second kappa shape index (κ2) is 7.91. The summed E-state index contributed by atoms with van der Waals surface area (Å²) in [5.74, 6) is -0.0109. The number of carbonyl (C=O) groups excluding carboxylic acids is 1. The summed E-state index contributed by atoms with van der Waals surface area (Å²) in [5, 5.41) is 2.77. The Labute approximate surface area is 114 Å². The van der Waals surface area contributed by atoms with Crippen LogP contribution in [0.15, 0.2) is 30.3 Å². The smallest absolute Gasteiger partial charge is 0.220 e. The highest BCUT2D eigenvalue weighted by Crippen LogP contribution is 2.01. The highest BCUT2D eigenvalue weighted by Gasteiger charge is 2.02. The number of benzene rings is 1. The van der Waals surface area contributed by atoms with Gasteiger partial charge < -0.3 is 5.32 Å². The molecule has 0 aliphatic heterocycles. The van der Waals surface area contributed by atoms with Gasteiger partial charge in [-0.1, -0.05) is 30.3 Å². The molecule has 5 nitrogen and oxygen atoms in total. The third-order valence-corrected chi connectivity index (χ3v) is 3.25. The number of sulfonamides is 1. The zero-order chi connectivity index (χ0) is 14.1. The number of rotatable bonds is 8. The predicted molar refractivity (Wildman–Crippen MR) is 75.2 cm³/mol. The van der Waals surface area contributed by atoms with Gasteiger partial charge in [-0.15, -0.1) is 0 Å². The van der Waals surface area contributed by atoms with E-state index < -0.39 is 10.0 Å². The molecule has 1 aromatic rings. The Morgan fingerprint density at radius 1 is 1.16 bits per heavy atom. The molecular formula is C13H20N2O3S. The van der Waals surface area contributed by atoms with Crippen LogP contribution in [0.4, 0.5) is 0 Å². The molecule has 0 radical (unpaired) electrons. The molecule has 0 saturated heterocycles. The van der Waals surface area contributed by atoms with Crippen LogP contribution in [-0.2, 0) is 21.2 Å². The van der Waals surface area contributed by atoms with E-state index in [0.29, 0.717) is 32.4 Å². The Morgan fingerprint density at radius 2 is 1.84 bits per heavy atom. The molecule has 0 spiro atoms. The zero-order valence-electron chi connectivity index (χ0n) is 11.1. The molecule has 0 fully saturated rings. The van der Waals surface area contributed by atoms with Crippen molar-refractivity contribution in [3.8, 4) is 0 Å². The summed E-state index contributed by atoms with van der Waals surface area (Å²) in [6.45, 7) is 0.827. The Hall–Kier alpha value is -1.40. The summed E-state index contributed by atoms with van der Waals surface area (Å²) in [7, 11) is -3.13. The first-order valence-electron chi connectivity index (χ1n) is 6.22. The molecule has 0 saturated carbocycles. The van der Waals surface area contributed by atoms with Crippen molar-refractivity contribution in [1.29, 1.82) is 0 Å². The minimum atomic E-state index is -3.13. The van der Waals surface area contributed by atoms with Crippen LogP contribution in [0.25, 0.3) is 0 Å². The van der Waals surface area contributed by atoms with Crippen molar-refractivity contribution in [2.45, 2.75) is 19.3 Å². The van der Waals surface area contributed by atoms with Crippen molar-refractivity contribution < 1.29 is 13.2 Å². The second-order valence-corrected chi connectivity index (χ2v) is 6.19. The molecule has 1 amide bonds. The highest BCUT2D eigenvalue weighted by molar-refractivity contribution is 7.88. The quantitative estimate of drug-likeness (QED) is 0.689. The van der Waals surface area contributed by atoms with Gasteiger partial charge in [0.15, 0.2) is 0 Å². The number of nitrogens with one attached hydrogen (secondary N) is 2. The second-order valence-electron chi connectivity index (χ2n) is 4.36. The Kier molecular flexibility index (Phi) is 6.52. The van der Waals surface area contributed by atoms with Gasteiger partial charge in [0.1, 0.15) is 0 Å². The monoisotopic (exact) mass is 284 g/mol. The van der Waals surface area contributed by atoms with Gasteiger partial charge in [-0.05, 0) is 18.4 Å². The van der Waals surface area contributed by atoms with E-state index in [4.69, 9.17) is 0 Å². The van der Waals surface area contributed by atoms with Crippen LogP contribution < -0.4 is 10.0 Å². The van der Waals surface area contributed by atoms with Gasteiger partial charge in [-0.3, -0.25) is 4.79 Å². The third kappa shape index (κ3) is 8.34. The maximum atomic E-state index is 11.5. The molecule has 0 aliphatic carbocycles. The van der Waals surface area contributed by atoms with Crippen LogP contribution in [0.2, 0.25) is 0 Å². The van der Waals surface area contributed by atoms with Gasteiger partial charge in [-0.25, -0.2) is 13.1 Å². The molecule has 19 heavy (non-hydrogen) atoms. The standard InChI is InChI=1S/C13H20N2O3S/c1-19(17,18)15-11-5-10-14-13(16)9-8-12-6-3-2-4-7-12/h2-4,6-7,15H,5,8-11H2,1H3,(H,14,16).